The Kier molecular flexibility index (Phi) is 7.76. The summed E-state index contributed by atoms with van der Waals surface area (Å²) < 4.78 is 45.0. The fourth-order valence-corrected chi connectivity index (χ4v) is 4.65. The smallest absolute Gasteiger partial charge is 0.416 e. The van der Waals surface area contributed by atoms with Gasteiger partial charge in [-0.05, 0) is 47.5 Å². The lowest BCUT2D eigenvalue weighted by Crippen LogP contribution is -2.28. The summed E-state index contributed by atoms with van der Waals surface area (Å²) in [6, 6.07) is 20.7. The van der Waals surface area contributed by atoms with Gasteiger partial charge in [0.15, 0.2) is 10.9 Å². The Bertz CT molecular complexity index is 1330. The third kappa shape index (κ3) is 6.32. The van der Waals surface area contributed by atoms with Crippen LogP contribution in [0, 0.1) is 0 Å². The number of nitrogens with one attached hydrogen (secondary N) is 1. The van der Waals surface area contributed by atoms with Crippen LogP contribution in [0.4, 0.5) is 18.9 Å². The van der Waals surface area contributed by atoms with Crippen LogP contribution in [0.1, 0.15) is 16.7 Å². The first kappa shape index (κ1) is 25.5. The summed E-state index contributed by atoms with van der Waals surface area (Å²) in [5, 5.41) is 2.77. The lowest BCUT2D eigenvalue weighted by Gasteiger charge is -2.16. The second-order valence-corrected chi connectivity index (χ2v) is 9.36. The van der Waals surface area contributed by atoms with E-state index in [0.29, 0.717) is 17.9 Å². The molecule has 3 aromatic carbocycles. The standard InChI is InChI=1S/C26H19F3N2O3S2/c27-26(28,29)19-9-5-10-20(14-19)31-24(33)22(36-25(31)35)13-18-8-4-11-21(12-18)34-16-23(32)30-15-17-6-2-1-3-7-17/h1-14H,15-16H2,(H,30,32)/b22-13-. The molecular formula is C26H19F3N2O3S2. The zero-order valence-corrected chi connectivity index (χ0v) is 20.3. The Hall–Kier alpha value is -3.63. The lowest BCUT2D eigenvalue weighted by atomic mass is 10.1. The highest BCUT2D eigenvalue weighted by atomic mass is 32.2. The van der Waals surface area contributed by atoms with E-state index in [9.17, 15) is 22.8 Å². The number of carbonyl (C=O) groups excluding carboxylic acids is 2. The van der Waals surface area contributed by atoms with Crippen molar-refractivity contribution < 1.29 is 27.5 Å². The number of thioether (sulfide) groups is 1. The molecule has 1 N–H and O–H groups in total. The van der Waals surface area contributed by atoms with Gasteiger partial charge in [-0.3, -0.25) is 14.5 Å². The molecule has 1 heterocycles. The normalized spacial score (nSPS) is 14.9. The Labute approximate surface area is 214 Å². The first-order valence-electron chi connectivity index (χ1n) is 10.7. The zero-order valence-electron chi connectivity index (χ0n) is 18.6. The highest BCUT2D eigenvalue weighted by molar-refractivity contribution is 8.27. The van der Waals surface area contributed by atoms with Gasteiger partial charge in [0.05, 0.1) is 16.2 Å². The van der Waals surface area contributed by atoms with E-state index in [1.165, 1.54) is 12.1 Å². The van der Waals surface area contributed by atoms with Crippen LogP contribution in [0.5, 0.6) is 5.75 Å². The SMILES string of the molecule is O=C(COc1cccc(/C=C2\SC(=S)N(c3cccc(C(F)(F)F)c3)C2=O)c1)NCc1ccccc1. The predicted molar refractivity (Wildman–Crippen MR) is 137 cm³/mol. The topological polar surface area (TPSA) is 58.6 Å². The van der Waals surface area contributed by atoms with Crippen LogP contribution in [-0.4, -0.2) is 22.7 Å². The molecule has 0 unspecified atom stereocenters. The summed E-state index contributed by atoms with van der Waals surface area (Å²) in [7, 11) is 0. The monoisotopic (exact) mass is 528 g/mol. The van der Waals surface area contributed by atoms with E-state index in [2.05, 4.69) is 5.32 Å². The molecule has 1 saturated heterocycles. The molecule has 0 spiro atoms. The number of hydrogen-bond donors (Lipinski definition) is 1. The van der Waals surface area contributed by atoms with Crippen LogP contribution in [0.3, 0.4) is 0 Å². The van der Waals surface area contributed by atoms with Gasteiger partial charge in [0.25, 0.3) is 11.8 Å². The van der Waals surface area contributed by atoms with E-state index in [1.807, 2.05) is 30.3 Å². The van der Waals surface area contributed by atoms with E-state index >= 15 is 0 Å². The fraction of sp³-hybridized carbons (Fsp3) is 0.115. The summed E-state index contributed by atoms with van der Waals surface area (Å²) in [6.07, 6.45) is -2.96. The molecule has 0 radical (unpaired) electrons. The number of ether oxygens (including phenoxy) is 1. The molecule has 1 aliphatic rings. The van der Waals surface area contributed by atoms with Gasteiger partial charge < -0.3 is 10.1 Å². The second-order valence-electron chi connectivity index (χ2n) is 7.69. The first-order valence-corrected chi connectivity index (χ1v) is 11.9. The molecular weight excluding hydrogens is 509 g/mol. The van der Waals surface area contributed by atoms with Crippen molar-refractivity contribution in [1.82, 2.24) is 5.32 Å². The maximum Gasteiger partial charge on any atom is 0.416 e. The van der Waals surface area contributed by atoms with Crippen LogP contribution in [-0.2, 0) is 22.3 Å². The molecule has 36 heavy (non-hydrogen) atoms. The molecule has 1 aliphatic heterocycles. The Morgan fingerprint density at radius 1 is 1.03 bits per heavy atom. The molecule has 184 valence electrons. The van der Waals surface area contributed by atoms with Crippen molar-refractivity contribution in [3.8, 4) is 5.75 Å². The minimum absolute atomic E-state index is 0.0503. The quantitative estimate of drug-likeness (QED) is 0.310. The van der Waals surface area contributed by atoms with Crippen LogP contribution in [0.15, 0.2) is 83.8 Å². The minimum atomic E-state index is -4.54. The van der Waals surface area contributed by atoms with E-state index in [0.717, 1.165) is 34.4 Å². The molecule has 5 nitrogen and oxygen atoms in total. The van der Waals surface area contributed by atoms with Crippen molar-refractivity contribution in [3.63, 3.8) is 0 Å². The van der Waals surface area contributed by atoms with Gasteiger partial charge in [-0.1, -0.05) is 72.5 Å². The third-order valence-corrected chi connectivity index (χ3v) is 6.39. The van der Waals surface area contributed by atoms with Gasteiger partial charge >= 0.3 is 6.18 Å². The molecule has 0 saturated carbocycles. The van der Waals surface area contributed by atoms with Crippen molar-refractivity contribution in [1.29, 1.82) is 0 Å². The van der Waals surface area contributed by atoms with Crippen LogP contribution in [0.25, 0.3) is 6.08 Å². The van der Waals surface area contributed by atoms with Crippen molar-refractivity contribution in [2.75, 3.05) is 11.5 Å². The van der Waals surface area contributed by atoms with Gasteiger partial charge in [-0.15, -0.1) is 0 Å². The number of hydrogen-bond acceptors (Lipinski definition) is 5. The highest BCUT2D eigenvalue weighted by Crippen LogP contribution is 2.38. The van der Waals surface area contributed by atoms with Gasteiger partial charge in [-0.2, -0.15) is 13.2 Å². The highest BCUT2D eigenvalue weighted by Gasteiger charge is 2.36. The second kappa shape index (κ2) is 11.0. The molecule has 0 aromatic heterocycles. The Balaban J connectivity index is 1.41. The van der Waals surface area contributed by atoms with Gasteiger partial charge in [0, 0.05) is 6.54 Å². The lowest BCUT2D eigenvalue weighted by molar-refractivity contribution is -0.137. The molecule has 1 fully saturated rings. The summed E-state index contributed by atoms with van der Waals surface area (Å²) >= 11 is 6.26. The molecule has 3 aromatic rings. The molecule has 0 aliphatic carbocycles. The zero-order chi connectivity index (χ0) is 25.7. The van der Waals surface area contributed by atoms with Crippen LogP contribution in [0.2, 0.25) is 0 Å². The number of carbonyl (C=O) groups is 2. The summed E-state index contributed by atoms with van der Waals surface area (Å²) in [5.41, 5.74) is 0.766. The van der Waals surface area contributed by atoms with Crippen molar-refractivity contribution in [3.05, 3.63) is 100 Å². The number of benzene rings is 3. The van der Waals surface area contributed by atoms with E-state index in [1.54, 1.807) is 30.3 Å². The molecule has 0 bridgehead atoms. The average Bonchev–Trinajstić information content (AvgIpc) is 3.14. The number of anilines is 1. The Morgan fingerprint density at radius 3 is 2.53 bits per heavy atom. The van der Waals surface area contributed by atoms with Crippen molar-refractivity contribution >= 4 is 51.9 Å². The number of alkyl halides is 3. The molecule has 0 atom stereocenters. The molecule has 2 amide bonds. The molecule has 4 rings (SSSR count). The predicted octanol–water partition coefficient (Wildman–Crippen LogP) is 5.81. The van der Waals surface area contributed by atoms with Crippen LogP contribution >= 0.6 is 24.0 Å². The molecule has 10 heteroatoms. The number of thiocarbonyl (C=S) groups is 1. The minimum Gasteiger partial charge on any atom is -0.484 e. The summed E-state index contributed by atoms with van der Waals surface area (Å²) in [4.78, 5) is 26.4. The number of rotatable bonds is 7. The summed E-state index contributed by atoms with van der Waals surface area (Å²) in [6.45, 7) is 0.199. The van der Waals surface area contributed by atoms with Gasteiger partial charge in [0.1, 0.15) is 5.75 Å². The first-order chi connectivity index (χ1) is 17.2. The number of halogens is 3. The maximum absolute atomic E-state index is 13.1. The van der Waals surface area contributed by atoms with Gasteiger partial charge in [-0.25, -0.2) is 0 Å². The van der Waals surface area contributed by atoms with E-state index < -0.39 is 17.6 Å². The maximum atomic E-state index is 13.1. The number of amides is 2. The van der Waals surface area contributed by atoms with Crippen molar-refractivity contribution in [2.45, 2.75) is 12.7 Å². The van der Waals surface area contributed by atoms with Crippen LogP contribution < -0.4 is 15.0 Å². The van der Waals surface area contributed by atoms with E-state index in [-0.39, 0.29) is 27.4 Å². The average molecular weight is 529 g/mol. The third-order valence-electron chi connectivity index (χ3n) is 5.08. The Morgan fingerprint density at radius 2 is 1.78 bits per heavy atom. The van der Waals surface area contributed by atoms with Crippen molar-refractivity contribution in [2.24, 2.45) is 0 Å². The largest absolute Gasteiger partial charge is 0.484 e. The van der Waals surface area contributed by atoms with E-state index in [4.69, 9.17) is 17.0 Å². The van der Waals surface area contributed by atoms with Gasteiger partial charge in [0.2, 0.25) is 0 Å². The fourth-order valence-electron chi connectivity index (χ4n) is 3.35. The summed E-state index contributed by atoms with van der Waals surface area (Å²) in [5.74, 6) is -0.380. The number of nitrogens with zero attached hydrogens (tertiary/aromatic N) is 1.